The molecule has 0 nitrogen and oxygen atoms in total. The molecule has 2 heteroatoms. The summed E-state index contributed by atoms with van der Waals surface area (Å²) in [7, 11) is 0. The molecular weight excluding hydrogens is 319 g/mol. The maximum Gasteiger partial charge on any atom is 3.00 e. The molecule has 3 aliphatic carbocycles. The van der Waals surface area contributed by atoms with E-state index < -0.39 is 0 Å². The van der Waals surface area contributed by atoms with E-state index in [1.54, 1.807) is 0 Å². The van der Waals surface area contributed by atoms with Gasteiger partial charge in [0.15, 0.2) is 0 Å². The SMILES string of the molecule is [C-]1=CC=CC1.[C-]1=CC=CC1.[CH-]1CCCCC1.[Cl-].[Zr+3]. The van der Waals surface area contributed by atoms with Gasteiger partial charge in [-0.1, -0.05) is 19.3 Å². The van der Waals surface area contributed by atoms with Crippen molar-refractivity contribution in [3.8, 4) is 0 Å². The van der Waals surface area contributed by atoms with Gasteiger partial charge >= 0.3 is 26.2 Å². The van der Waals surface area contributed by atoms with Crippen LogP contribution in [-0.2, 0) is 26.2 Å². The van der Waals surface area contributed by atoms with E-state index in [9.17, 15) is 0 Å². The van der Waals surface area contributed by atoms with Crippen LogP contribution in [0.1, 0.15) is 44.9 Å². The molecule has 0 atom stereocenters. The van der Waals surface area contributed by atoms with Gasteiger partial charge in [-0.2, -0.15) is 25.0 Å². The third-order valence-corrected chi connectivity index (χ3v) is 2.49. The summed E-state index contributed by atoms with van der Waals surface area (Å²) in [5, 5.41) is 0. The van der Waals surface area contributed by atoms with E-state index in [4.69, 9.17) is 0 Å². The van der Waals surface area contributed by atoms with E-state index in [0.29, 0.717) is 0 Å². The first kappa shape index (κ1) is 20.5. The van der Waals surface area contributed by atoms with Crippen LogP contribution in [0.4, 0.5) is 0 Å². The standard InChI is InChI=1S/C6H11.2C5H5.ClH.Zr/c1-2-4-6-5-3-1;2*1-2-4-5-3-1;;/h1H,2-6H2;2*1-3H,4H2;1H;/q3*-1;;+3/p-1. The zero-order valence-corrected chi connectivity index (χ0v) is 14.1. The van der Waals surface area contributed by atoms with Gasteiger partial charge in [-0.3, -0.25) is 12.2 Å². The second-order valence-electron chi connectivity index (χ2n) is 3.93. The minimum atomic E-state index is 0. The fraction of sp³-hybridized carbons (Fsp3) is 0.438. The molecular formula is C16H21ClZr-. The van der Waals surface area contributed by atoms with Gasteiger partial charge in [0.2, 0.25) is 0 Å². The molecule has 0 saturated heterocycles. The van der Waals surface area contributed by atoms with Crippen molar-refractivity contribution in [2.45, 2.75) is 44.9 Å². The summed E-state index contributed by atoms with van der Waals surface area (Å²) >= 11 is 0. The fourth-order valence-electron chi connectivity index (χ4n) is 1.58. The summed E-state index contributed by atoms with van der Waals surface area (Å²) < 4.78 is 0. The average molecular weight is 340 g/mol. The molecule has 0 aromatic rings. The van der Waals surface area contributed by atoms with Crippen LogP contribution in [0.3, 0.4) is 0 Å². The van der Waals surface area contributed by atoms with E-state index in [-0.39, 0.29) is 38.6 Å². The quantitative estimate of drug-likeness (QED) is 0.590. The van der Waals surface area contributed by atoms with E-state index in [0.717, 1.165) is 12.8 Å². The van der Waals surface area contributed by atoms with Crippen LogP contribution in [0.5, 0.6) is 0 Å². The molecule has 3 aliphatic rings. The molecule has 3 rings (SSSR count). The van der Waals surface area contributed by atoms with Crippen LogP contribution in [-0.4, -0.2) is 0 Å². The van der Waals surface area contributed by atoms with Gasteiger partial charge in [0, 0.05) is 0 Å². The largest absolute Gasteiger partial charge is 3.00 e. The Morgan fingerprint density at radius 2 is 1.28 bits per heavy atom. The first-order chi connectivity index (χ1) is 8.00. The van der Waals surface area contributed by atoms with Gasteiger partial charge < -0.3 is 18.8 Å². The predicted molar refractivity (Wildman–Crippen MR) is 70.5 cm³/mol. The molecule has 97 valence electrons. The van der Waals surface area contributed by atoms with Crippen LogP contribution < -0.4 is 12.4 Å². The summed E-state index contributed by atoms with van der Waals surface area (Å²) in [5.41, 5.74) is 0. The van der Waals surface area contributed by atoms with Gasteiger partial charge in [-0.25, -0.2) is 24.3 Å². The zero-order chi connectivity index (χ0) is 11.3. The van der Waals surface area contributed by atoms with E-state index in [1.165, 1.54) is 32.1 Å². The average Bonchev–Trinajstić information content (AvgIpc) is 3.10. The Labute approximate surface area is 138 Å². The summed E-state index contributed by atoms with van der Waals surface area (Å²) in [6.45, 7) is 0. The Bertz CT molecular complexity index is 207. The molecule has 1 saturated carbocycles. The molecule has 1 fully saturated rings. The third-order valence-electron chi connectivity index (χ3n) is 2.49. The van der Waals surface area contributed by atoms with Gasteiger partial charge in [-0.05, 0) is 0 Å². The number of halogens is 1. The molecule has 0 unspecified atom stereocenters. The maximum atomic E-state index is 2.99. The van der Waals surface area contributed by atoms with Crippen LogP contribution in [0.2, 0.25) is 0 Å². The topological polar surface area (TPSA) is 0 Å². The molecule has 0 spiro atoms. The zero-order valence-electron chi connectivity index (χ0n) is 10.9. The Balaban J connectivity index is 0. The van der Waals surface area contributed by atoms with Crippen LogP contribution in [0, 0.1) is 18.6 Å². The molecule has 0 heterocycles. The van der Waals surface area contributed by atoms with Gasteiger partial charge in [0.05, 0.1) is 0 Å². The molecule has 0 aliphatic heterocycles. The van der Waals surface area contributed by atoms with Crippen molar-refractivity contribution in [3.63, 3.8) is 0 Å². The molecule has 0 N–H and O–H groups in total. The van der Waals surface area contributed by atoms with Crippen molar-refractivity contribution < 1.29 is 38.6 Å². The number of hydrogen-bond acceptors (Lipinski definition) is 0. The van der Waals surface area contributed by atoms with Crippen molar-refractivity contribution in [1.82, 2.24) is 0 Å². The minimum absolute atomic E-state index is 0. The number of allylic oxidation sites excluding steroid dienone is 8. The normalized spacial score (nSPS) is 17.8. The summed E-state index contributed by atoms with van der Waals surface area (Å²) in [6.07, 6.45) is 29.5. The van der Waals surface area contributed by atoms with Gasteiger partial charge in [0.1, 0.15) is 0 Å². The van der Waals surface area contributed by atoms with E-state index in [2.05, 4.69) is 30.7 Å². The molecule has 0 amide bonds. The molecule has 0 aromatic carbocycles. The molecule has 0 aromatic heterocycles. The predicted octanol–water partition coefficient (Wildman–Crippen LogP) is 1.77. The number of hydrogen-bond donors (Lipinski definition) is 0. The first-order valence-electron chi connectivity index (χ1n) is 6.25. The molecule has 1 radical (unpaired) electrons. The van der Waals surface area contributed by atoms with Crippen molar-refractivity contribution in [3.05, 3.63) is 55.0 Å². The van der Waals surface area contributed by atoms with Crippen molar-refractivity contribution >= 4 is 0 Å². The van der Waals surface area contributed by atoms with Gasteiger partial charge in [-0.15, -0.1) is 12.8 Å². The maximum absolute atomic E-state index is 2.99. The van der Waals surface area contributed by atoms with Crippen molar-refractivity contribution in [1.29, 1.82) is 0 Å². The summed E-state index contributed by atoms with van der Waals surface area (Å²) in [5.74, 6) is 0. The van der Waals surface area contributed by atoms with Crippen LogP contribution >= 0.6 is 0 Å². The summed E-state index contributed by atoms with van der Waals surface area (Å²) in [4.78, 5) is 0. The van der Waals surface area contributed by atoms with E-state index >= 15 is 0 Å². The van der Waals surface area contributed by atoms with Crippen molar-refractivity contribution in [2.24, 2.45) is 0 Å². The van der Waals surface area contributed by atoms with Gasteiger partial charge in [0.25, 0.3) is 0 Å². The van der Waals surface area contributed by atoms with E-state index in [1.807, 2.05) is 24.3 Å². The second kappa shape index (κ2) is 17.1. The van der Waals surface area contributed by atoms with Crippen LogP contribution in [0.25, 0.3) is 0 Å². The second-order valence-corrected chi connectivity index (χ2v) is 3.93. The first-order valence-corrected chi connectivity index (χ1v) is 6.25. The third kappa shape index (κ3) is 14.2. The van der Waals surface area contributed by atoms with Crippen molar-refractivity contribution in [2.75, 3.05) is 0 Å². The molecule has 18 heavy (non-hydrogen) atoms. The Morgan fingerprint density at radius 1 is 0.778 bits per heavy atom. The molecule has 0 bridgehead atoms. The van der Waals surface area contributed by atoms with Crippen LogP contribution in [0.15, 0.2) is 36.5 Å². The smallest absolute Gasteiger partial charge is 1.00 e. The Morgan fingerprint density at radius 3 is 1.39 bits per heavy atom. The number of rotatable bonds is 0. The fourth-order valence-corrected chi connectivity index (χ4v) is 1.58. The Hall–Kier alpha value is 0.133. The minimum Gasteiger partial charge on any atom is -1.00 e. The summed E-state index contributed by atoms with van der Waals surface area (Å²) in [6, 6.07) is 0. The monoisotopic (exact) mass is 338 g/mol. The Kier molecular flexibility index (Phi) is 19.5.